The van der Waals surface area contributed by atoms with Crippen LogP contribution in [0.3, 0.4) is 0 Å². The van der Waals surface area contributed by atoms with Gasteiger partial charge in [0.15, 0.2) is 23.2 Å². The molecule has 0 N–H and O–H groups in total. The molecule has 1 fully saturated rings. The van der Waals surface area contributed by atoms with Crippen molar-refractivity contribution in [1.82, 2.24) is 0 Å². The predicted octanol–water partition coefficient (Wildman–Crippen LogP) is 7.62. The quantitative estimate of drug-likeness (QED) is 0.323. The van der Waals surface area contributed by atoms with Crippen LogP contribution in [0.15, 0.2) is 35.9 Å². The van der Waals surface area contributed by atoms with E-state index in [1.54, 1.807) is 0 Å². The fraction of sp³-hybridized carbons (Fsp3) is 0.462. The number of rotatable bonds is 7. The highest BCUT2D eigenvalue weighted by atomic mass is 19.2. The summed E-state index contributed by atoms with van der Waals surface area (Å²) in [6.45, 7) is 2.23. The van der Waals surface area contributed by atoms with Gasteiger partial charge in [0.1, 0.15) is 0 Å². The molecule has 5 heteroatoms. The second-order valence-corrected chi connectivity index (χ2v) is 8.75. The Morgan fingerprint density at radius 3 is 2.29 bits per heavy atom. The molecule has 0 bridgehead atoms. The van der Waals surface area contributed by atoms with Crippen molar-refractivity contribution in [2.75, 3.05) is 7.11 Å². The maximum absolute atomic E-state index is 14.8. The molecule has 166 valence electrons. The van der Waals surface area contributed by atoms with Crippen LogP contribution < -0.4 is 4.74 Å². The second kappa shape index (κ2) is 9.05. The van der Waals surface area contributed by atoms with Crippen molar-refractivity contribution >= 4 is 0 Å². The zero-order valence-corrected chi connectivity index (χ0v) is 18.0. The van der Waals surface area contributed by atoms with Gasteiger partial charge in [0.2, 0.25) is 5.82 Å². The maximum atomic E-state index is 14.8. The number of halogens is 4. The van der Waals surface area contributed by atoms with E-state index in [0.717, 1.165) is 12.3 Å². The van der Waals surface area contributed by atoms with E-state index in [1.807, 2.05) is 0 Å². The van der Waals surface area contributed by atoms with Gasteiger partial charge in [0, 0.05) is 11.1 Å². The molecule has 2 aliphatic rings. The van der Waals surface area contributed by atoms with Gasteiger partial charge in [-0.3, -0.25) is 0 Å². The minimum absolute atomic E-state index is 0.267. The molecule has 0 radical (unpaired) electrons. The van der Waals surface area contributed by atoms with Gasteiger partial charge in [-0.15, -0.1) is 0 Å². The number of fused-ring (bicyclic) bond motifs is 1. The zero-order chi connectivity index (χ0) is 22.1. The molecule has 4 rings (SSSR count). The maximum Gasteiger partial charge on any atom is 0.201 e. The van der Waals surface area contributed by atoms with Crippen LogP contribution in [0.1, 0.15) is 51.0 Å². The van der Waals surface area contributed by atoms with Crippen molar-refractivity contribution in [1.29, 1.82) is 0 Å². The first-order valence-electron chi connectivity index (χ1n) is 11.1. The molecule has 2 aromatic rings. The molecule has 1 saturated carbocycles. The second-order valence-electron chi connectivity index (χ2n) is 8.75. The standard InChI is InChI=1S/C26H28F4O/c1-3-4-15-7-10-19-16(8-11-18(15)19)5-6-17-9-12-20(24(28)23(17)27)21-13-14-22(31-2)26(30)25(21)29/h8-9,12-15,18-19H,3-7,10-11H2,1-2H3. The summed E-state index contributed by atoms with van der Waals surface area (Å²) in [6, 6.07) is 5.22. The Morgan fingerprint density at radius 2 is 1.58 bits per heavy atom. The number of allylic oxidation sites excluding steroid dienone is 2. The first-order chi connectivity index (χ1) is 15.0. The van der Waals surface area contributed by atoms with Crippen molar-refractivity contribution in [3.8, 4) is 16.9 Å². The average Bonchev–Trinajstić information content (AvgIpc) is 3.35. The lowest BCUT2D eigenvalue weighted by Gasteiger charge is -2.19. The van der Waals surface area contributed by atoms with E-state index in [4.69, 9.17) is 4.74 Å². The fourth-order valence-electron chi connectivity index (χ4n) is 5.59. The van der Waals surface area contributed by atoms with E-state index < -0.39 is 23.3 Å². The molecule has 3 atom stereocenters. The number of methoxy groups -OCH3 is 1. The lowest BCUT2D eigenvalue weighted by atomic mass is 9.85. The smallest absolute Gasteiger partial charge is 0.201 e. The van der Waals surface area contributed by atoms with Crippen molar-refractivity contribution in [2.45, 2.75) is 51.9 Å². The summed E-state index contributed by atoms with van der Waals surface area (Å²) >= 11 is 0. The molecule has 31 heavy (non-hydrogen) atoms. The zero-order valence-electron chi connectivity index (χ0n) is 18.0. The molecule has 0 heterocycles. The van der Waals surface area contributed by atoms with Crippen molar-refractivity contribution in [3.05, 3.63) is 64.7 Å². The Labute approximate surface area is 181 Å². The van der Waals surface area contributed by atoms with Crippen molar-refractivity contribution in [2.24, 2.45) is 17.8 Å². The molecule has 0 amide bonds. The van der Waals surface area contributed by atoms with E-state index in [1.165, 1.54) is 62.6 Å². The third kappa shape index (κ3) is 3.99. The first-order valence-corrected chi connectivity index (χ1v) is 11.1. The Kier molecular flexibility index (Phi) is 6.40. The van der Waals surface area contributed by atoms with Gasteiger partial charge in [-0.2, -0.15) is 4.39 Å². The summed E-state index contributed by atoms with van der Waals surface area (Å²) in [5.74, 6) is -2.81. The summed E-state index contributed by atoms with van der Waals surface area (Å²) in [4.78, 5) is 0. The van der Waals surface area contributed by atoms with Gasteiger partial charge in [0.05, 0.1) is 7.11 Å². The highest BCUT2D eigenvalue weighted by Crippen LogP contribution is 2.50. The minimum atomic E-state index is -1.25. The summed E-state index contributed by atoms with van der Waals surface area (Å²) in [7, 11) is 1.21. The lowest BCUT2D eigenvalue weighted by Crippen LogP contribution is -2.11. The molecule has 2 aromatic carbocycles. The van der Waals surface area contributed by atoms with E-state index in [2.05, 4.69) is 13.0 Å². The third-order valence-corrected chi connectivity index (χ3v) is 7.16. The van der Waals surface area contributed by atoms with Crippen LogP contribution >= 0.6 is 0 Å². The molecule has 0 aliphatic heterocycles. The predicted molar refractivity (Wildman–Crippen MR) is 114 cm³/mol. The molecule has 0 spiro atoms. The Balaban J connectivity index is 1.50. The highest BCUT2D eigenvalue weighted by molar-refractivity contribution is 5.66. The summed E-state index contributed by atoms with van der Waals surface area (Å²) in [5, 5.41) is 0. The van der Waals surface area contributed by atoms with E-state index in [-0.39, 0.29) is 22.4 Å². The molecule has 0 aromatic heterocycles. The van der Waals surface area contributed by atoms with E-state index in [0.29, 0.717) is 24.7 Å². The van der Waals surface area contributed by atoms with Gasteiger partial charge in [-0.25, -0.2) is 13.2 Å². The monoisotopic (exact) mass is 432 g/mol. The van der Waals surface area contributed by atoms with Gasteiger partial charge >= 0.3 is 0 Å². The average molecular weight is 433 g/mol. The Bertz CT molecular complexity index is 997. The highest BCUT2D eigenvalue weighted by Gasteiger charge is 2.39. The SMILES string of the molecule is CCCC1CCC2C(CCc3ccc(-c4ccc(OC)c(F)c4F)c(F)c3F)=CCC12. The van der Waals surface area contributed by atoms with Gasteiger partial charge in [0.25, 0.3) is 0 Å². The molecule has 3 unspecified atom stereocenters. The normalized spacial score (nSPS) is 22.5. The largest absolute Gasteiger partial charge is 0.494 e. The number of benzene rings is 2. The van der Waals surface area contributed by atoms with Crippen molar-refractivity contribution < 1.29 is 22.3 Å². The van der Waals surface area contributed by atoms with Crippen LogP contribution in [-0.4, -0.2) is 7.11 Å². The molecular weight excluding hydrogens is 404 g/mol. The molecular formula is C26H28F4O. The van der Waals surface area contributed by atoms with Gasteiger partial charge in [-0.05, 0) is 67.6 Å². The number of hydrogen-bond donors (Lipinski definition) is 0. The minimum Gasteiger partial charge on any atom is -0.494 e. The van der Waals surface area contributed by atoms with E-state index in [9.17, 15) is 17.6 Å². The van der Waals surface area contributed by atoms with Crippen molar-refractivity contribution in [3.63, 3.8) is 0 Å². The molecule has 0 saturated heterocycles. The van der Waals surface area contributed by atoms with Crippen LogP contribution in [0.25, 0.3) is 11.1 Å². The third-order valence-electron chi connectivity index (χ3n) is 7.16. The lowest BCUT2D eigenvalue weighted by molar-refractivity contribution is 0.338. The fourth-order valence-corrected chi connectivity index (χ4v) is 5.59. The number of aryl methyl sites for hydroxylation is 1. The summed E-state index contributed by atoms with van der Waals surface area (Å²) in [5.41, 5.74) is 1.02. The Hall–Kier alpha value is -2.30. The van der Waals surface area contributed by atoms with Crippen LogP contribution in [0, 0.1) is 41.0 Å². The van der Waals surface area contributed by atoms with Crippen LogP contribution in [0.2, 0.25) is 0 Å². The summed E-state index contributed by atoms with van der Waals surface area (Å²) in [6.07, 6.45) is 9.45. The molecule has 2 aliphatic carbocycles. The van der Waals surface area contributed by atoms with Gasteiger partial charge in [-0.1, -0.05) is 43.5 Å². The molecule has 1 nitrogen and oxygen atoms in total. The Morgan fingerprint density at radius 1 is 0.871 bits per heavy atom. The van der Waals surface area contributed by atoms with Gasteiger partial charge < -0.3 is 4.74 Å². The van der Waals surface area contributed by atoms with Crippen LogP contribution in [0.5, 0.6) is 5.75 Å². The first kappa shape index (κ1) is 21.9. The van der Waals surface area contributed by atoms with Crippen LogP contribution in [0.4, 0.5) is 17.6 Å². The topological polar surface area (TPSA) is 9.23 Å². The van der Waals surface area contributed by atoms with E-state index >= 15 is 0 Å². The number of ether oxygens (including phenoxy) is 1. The summed E-state index contributed by atoms with van der Waals surface area (Å²) < 4.78 is 62.7. The van der Waals surface area contributed by atoms with Crippen LogP contribution in [-0.2, 0) is 6.42 Å². The number of hydrogen-bond acceptors (Lipinski definition) is 1.